The molecule has 0 bridgehead atoms. The molecule has 1 aromatic heterocycles. The fourth-order valence-electron chi connectivity index (χ4n) is 1.21. The van der Waals surface area contributed by atoms with Crippen LogP contribution in [0.4, 0.5) is 23.9 Å². The van der Waals surface area contributed by atoms with E-state index in [4.69, 9.17) is 16.3 Å². The van der Waals surface area contributed by atoms with Gasteiger partial charge in [0.2, 0.25) is 5.95 Å². The number of alkyl halides is 4. The molecule has 112 valence electrons. The van der Waals surface area contributed by atoms with Crippen molar-refractivity contribution in [2.24, 2.45) is 0 Å². The Morgan fingerprint density at radius 2 is 2.00 bits per heavy atom. The molecule has 0 aromatic carbocycles. The van der Waals surface area contributed by atoms with Crippen LogP contribution in [0.1, 0.15) is 32.0 Å². The van der Waals surface area contributed by atoms with Crippen molar-refractivity contribution in [3.8, 4) is 0 Å². The van der Waals surface area contributed by atoms with E-state index < -0.39 is 29.5 Å². The van der Waals surface area contributed by atoms with Crippen LogP contribution in [0.15, 0.2) is 6.20 Å². The molecule has 0 saturated carbocycles. The van der Waals surface area contributed by atoms with Crippen molar-refractivity contribution in [2.45, 2.75) is 38.4 Å². The number of hydrogen-bond acceptors (Lipinski definition) is 4. The number of carbonyl (C=O) groups excluding carboxylic acids is 1. The lowest BCUT2D eigenvalue weighted by atomic mass is 10.2. The minimum Gasteiger partial charge on any atom is -0.444 e. The van der Waals surface area contributed by atoms with Crippen LogP contribution >= 0.6 is 11.6 Å². The Morgan fingerprint density at radius 1 is 1.40 bits per heavy atom. The SMILES string of the molecule is CC(C)(C)OC(=O)Nc1ncc(CCl)c(C(F)(F)F)n1. The largest absolute Gasteiger partial charge is 0.444 e. The van der Waals surface area contributed by atoms with E-state index in [9.17, 15) is 18.0 Å². The first-order chi connectivity index (χ1) is 9.03. The molecule has 0 atom stereocenters. The van der Waals surface area contributed by atoms with Gasteiger partial charge in [0.1, 0.15) is 5.60 Å². The van der Waals surface area contributed by atoms with Gasteiger partial charge in [0.05, 0.1) is 5.88 Å². The highest BCUT2D eigenvalue weighted by molar-refractivity contribution is 6.17. The standard InChI is InChI=1S/C11H13ClF3N3O2/c1-10(2,3)20-9(19)18-8-16-5-6(4-12)7(17-8)11(13,14)15/h5H,4H2,1-3H3,(H,16,17,18,19). The smallest absolute Gasteiger partial charge is 0.433 e. The van der Waals surface area contributed by atoms with Gasteiger partial charge in [-0.15, -0.1) is 11.6 Å². The van der Waals surface area contributed by atoms with Gasteiger partial charge in [-0.1, -0.05) is 0 Å². The Kier molecular flexibility index (Phi) is 4.80. The van der Waals surface area contributed by atoms with E-state index in [1.54, 1.807) is 20.8 Å². The number of anilines is 1. The van der Waals surface area contributed by atoms with Crippen LogP contribution in [-0.2, 0) is 16.8 Å². The molecule has 1 aromatic rings. The maximum Gasteiger partial charge on any atom is 0.433 e. The molecule has 0 saturated heterocycles. The highest BCUT2D eigenvalue weighted by atomic mass is 35.5. The van der Waals surface area contributed by atoms with E-state index in [0.717, 1.165) is 6.20 Å². The van der Waals surface area contributed by atoms with E-state index in [0.29, 0.717) is 0 Å². The second-order valence-corrected chi connectivity index (χ2v) is 5.09. The molecule has 0 radical (unpaired) electrons. The maximum absolute atomic E-state index is 12.7. The third kappa shape index (κ3) is 4.84. The van der Waals surface area contributed by atoms with Gasteiger partial charge in [0.25, 0.3) is 0 Å². The molecular formula is C11H13ClF3N3O2. The zero-order valence-corrected chi connectivity index (χ0v) is 11.8. The van der Waals surface area contributed by atoms with Crippen LogP contribution in [0, 0.1) is 0 Å². The molecule has 0 fully saturated rings. The Bertz CT molecular complexity index is 501. The van der Waals surface area contributed by atoms with Gasteiger partial charge in [-0.25, -0.2) is 14.8 Å². The fourth-order valence-corrected chi connectivity index (χ4v) is 1.40. The van der Waals surface area contributed by atoms with Crippen molar-refractivity contribution in [2.75, 3.05) is 5.32 Å². The fraction of sp³-hybridized carbons (Fsp3) is 0.545. The minimum absolute atomic E-state index is 0.270. The Morgan fingerprint density at radius 3 is 2.45 bits per heavy atom. The number of carbonyl (C=O) groups is 1. The summed E-state index contributed by atoms with van der Waals surface area (Å²) < 4.78 is 43.1. The van der Waals surface area contributed by atoms with Gasteiger partial charge in [0, 0.05) is 11.8 Å². The Balaban J connectivity index is 2.96. The predicted molar refractivity (Wildman–Crippen MR) is 66.4 cm³/mol. The van der Waals surface area contributed by atoms with Crippen molar-refractivity contribution in [3.05, 3.63) is 17.5 Å². The zero-order chi connectivity index (χ0) is 15.6. The lowest BCUT2D eigenvalue weighted by Gasteiger charge is -2.19. The monoisotopic (exact) mass is 311 g/mol. The topological polar surface area (TPSA) is 64.1 Å². The van der Waals surface area contributed by atoms with E-state index >= 15 is 0 Å². The van der Waals surface area contributed by atoms with Crippen molar-refractivity contribution in [3.63, 3.8) is 0 Å². The van der Waals surface area contributed by atoms with Crippen molar-refractivity contribution < 1.29 is 22.7 Å². The molecule has 0 aliphatic rings. The van der Waals surface area contributed by atoms with E-state index in [1.165, 1.54) is 0 Å². The first-order valence-electron chi connectivity index (χ1n) is 5.52. The van der Waals surface area contributed by atoms with Crippen LogP contribution in [0.5, 0.6) is 0 Å². The number of nitrogens with one attached hydrogen (secondary N) is 1. The summed E-state index contributed by atoms with van der Waals surface area (Å²) in [6.45, 7) is 4.85. The maximum atomic E-state index is 12.7. The average Bonchev–Trinajstić information content (AvgIpc) is 2.25. The van der Waals surface area contributed by atoms with Gasteiger partial charge in [-0.05, 0) is 20.8 Å². The first kappa shape index (κ1) is 16.5. The van der Waals surface area contributed by atoms with E-state index in [1.807, 2.05) is 5.32 Å². The number of aromatic nitrogens is 2. The molecule has 1 amide bonds. The summed E-state index contributed by atoms with van der Waals surface area (Å²) in [5.41, 5.74) is -2.24. The van der Waals surface area contributed by atoms with Crippen molar-refractivity contribution >= 4 is 23.6 Å². The normalized spacial score (nSPS) is 12.2. The summed E-state index contributed by atoms with van der Waals surface area (Å²) >= 11 is 5.39. The molecule has 1 N–H and O–H groups in total. The van der Waals surface area contributed by atoms with Crippen LogP contribution in [0.25, 0.3) is 0 Å². The third-order valence-electron chi connectivity index (χ3n) is 1.89. The van der Waals surface area contributed by atoms with E-state index in [-0.39, 0.29) is 11.4 Å². The number of halogens is 4. The molecule has 0 spiro atoms. The Labute approximate surface area is 118 Å². The van der Waals surface area contributed by atoms with E-state index in [2.05, 4.69) is 9.97 Å². The second kappa shape index (κ2) is 5.82. The van der Waals surface area contributed by atoms with Crippen LogP contribution in [0.2, 0.25) is 0 Å². The molecule has 0 aliphatic heterocycles. The molecule has 5 nitrogen and oxygen atoms in total. The van der Waals surface area contributed by atoms with Gasteiger partial charge in [0.15, 0.2) is 5.69 Å². The number of rotatable bonds is 2. The van der Waals surface area contributed by atoms with Crippen molar-refractivity contribution in [1.82, 2.24) is 9.97 Å². The number of ether oxygens (including phenoxy) is 1. The summed E-state index contributed by atoms with van der Waals surface area (Å²) in [4.78, 5) is 18.3. The highest BCUT2D eigenvalue weighted by Gasteiger charge is 2.36. The first-order valence-corrected chi connectivity index (χ1v) is 6.05. The van der Waals surface area contributed by atoms with Gasteiger partial charge < -0.3 is 4.74 Å². The summed E-state index contributed by atoms with van der Waals surface area (Å²) in [6.07, 6.45) is -4.71. The quantitative estimate of drug-likeness (QED) is 0.848. The molecule has 0 unspecified atom stereocenters. The lowest BCUT2D eigenvalue weighted by molar-refractivity contribution is -0.141. The Hall–Kier alpha value is -1.57. The highest BCUT2D eigenvalue weighted by Crippen LogP contribution is 2.31. The molecule has 1 heterocycles. The zero-order valence-electron chi connectivity index (χ0n) is 11.0. The van der Waals surface area contributed by atoms with Gasteiger partial charge >= 0.3 is 12.3 Å². The number of amides is 1. The average molecular weight is 312 g/mol. The third-order valence-corrected chi connectivity index (χ3v) is 2.18. The summed E-state index contributed by atoms with van der Waals surface area (Å²) in [5.74, 6) is -0.887. The lowest BCUT2D eigenvalue weighted by Crippen LogP contribution is -2.28. The molecule has 20 heavy (non-hydrogen) atoms. The van der Waals surface area contributed by atoms with Crippen LogP contribution in [0.3, 0.4) is 0 Å². The van der Waals surface area contributed by atoms with Crippen LogP contribution < -0.4 is 5.32 Å². The summed E-state index contributed by atoms with van der Waals surface area (Å²) in [6, 6.07) is 0. The predicted octanol–water partition coefficient (Wildman–Crippen LogP) is 3.58. The number of nitrogens with zero attached hydrogens (tertiary/aromatic N) is 2. The minimum atomic E-state index is -4.68. The van der Waals surface area contributed by atoms with Crippen LogP contribution in [-0.4, -0.2) is 21.7 Å². The summed E-state index contributed by atoms with van der Waals surface area (Å²) in [7, 11) is 0. The molecule has 1 rings (SSSR count). The number of hydrogen-bond donors (Lipinski definition) is 1. The van der Waals surface area contributed by atoms with Crippen molar-refractivity contribution in [1.29, 1.82) is 0 Å². The molecular weight excluding hydrogens is 299 g/mol. The summed E-state index contributed by atoms with van der Waals surface area (Å²) in [5, 5.41) is 2.04. The second-order valence-electron chi connectivity index (χ2n) is 4.83. The molecule has 0 aliphatic carbocycles. The van der Waals surface area contributed by atoms with Gasteiger partial charge in [-0.3, -0.25) is 5.32 Å². The van der Waals surface area contributed by atoms with Gasteiger partial charge in [-0.2, -0.15) is 13.2 Å². The molecule has 9 heteroatoms.